The van der Waals surface area contributed by atoms with E-state index >= 15 is 0 Å². The number of amides is 2. The lowest BCUT2D eigenvalue weighted by molar-refractivity contribution is -0.125. The fourth-order valence-corrected chi connectivity index (χ4v) is 3.05. The first kappa shape index (κ1) is 17.9. The lowest BCUT2D eigenvalue weighted by Crippen LogP contribution is -2.29. The molecule has 140 valence electrons. The van der Waals surface area contributed by atoms with Gasteiger partial charge < -0.3 is 15.4 Å². The number of rotatable bonds is 7. The molecule has 0 aliphatic heterocycles. The van der Waals surface area contributed by atoms with E-state index in [9.17, 15) is 9.59 Å². The minimum atomic E-state index is -0.218. The lowest BCUT2D eigenvalue weighted by Gasteiger charge is -2.09. The second-order valence-corrected chi connectivity index (χ2v) is 7.60. The maximum Gasteiger partial charge on any atom is 0.228 e. The Bertz CT molecular complexity index is 832. The van der Waals surface area contributed by atoms with Crippen LogP contribution in [0.25, 0.3) is 0 Å². The second-order valence-electron chi connectivity index (χ2n) is 7.16. The fraction of sp³-hybridized carbons (Fsp3) is 0.333. The summed E-state index contributed by atoms with van der Waals surface area (Å²) in [6, 6.07) is 15.1. The topological polar surface area (TPSA) is 67.4 Å². The molecule has 2 saturated carbocycles. The molecule has 0 saturated heterocycles. The minimum absolute atomic E-state index is 0.0172. The molecule has 2 aromatic rings. The summed E-state index contributed by atoms with van der Waals surface area (Å²) >= 11 is 5.87. The van der Waals surface area contributed by atoms with Gasteiger partial charge in [0.2, 0.25) is 11.8 Å². The Morgan fingerprint density at radius 3 is 2.30 bits per heavy atom. The van der Waals surface area contributed by atoms with Crippen molar-refractivity contribution in [1.29, 1.82) is 0 Å². The number of hydrogen-bond donors (Lipinski definition) is 2. The maximum absolute atomic E-state index is 12.3. The Labute approximate surface area is 163 Å². The maximum atomic E-state index is 12.3. The third-order valence-corrected chi connectivity index (χ3v) is 5.08. The first-order valence-electron chi connectivity index (χ1n) is 9.17. The van der Waals surface area contributed by atoms with Crippen molar-refractivity contribution >= 4 is 29.1 Å². The lowest BCUT2D eigenvalue weighted by atomic mass is 10.2. The van der Waals surface area contributed by atoms with Crippen LogP contribution >= 0.6 is 11.6 Å². The van der Waals surface area contributed by atoms with Crippen molar-refractivity contribution in [2.45, 2.75) is 31.9 Å². The zero-order valence-electron chi connectivity index (χ0n) is 14.8. The molecule has 0 spiro atoms. The van der Waals surface area contributed by atoms with E-state index in [1.807, 2.05) is 36.4 Å². The summed E-state index contributed by atoms with van der Waals surface area (Å²) in [4.78, 5) is 24.2. The monoisotopic (exact) mass is 384 g/mol. The molecule has 2 amide bonds. The van der Waals surface area contributed by atoms with Crippen LogP contribution in [-0.4, -0.2) is 17.9 Å². The molecule has 0 heterocycles. The average Bonchev–Trinajstić information content (AvgIpc) is 3.56. The summed E-state index contributed by atoms with van der Waals surface area (Å²) in [5, 5.41) is 6.53. The summed E-state index contributed by atoms with van der Waals surface area (Å²) in [5.74, 6) is 0.248. The van der Waals surface area contributed by atoms with Crippen molar-refractivity contribution in [2.24, 2.45) is 11.8 Å². The molecule has 2 atom stereocenters. The predicted molar refractivity (Wildman–Crippen MR) is 104 cm³/mol. The standard InChI is InChI=1S/C21H21ClN2O3/c22-14-3-1-13(2-4-14)12-27-17-9-7-16(8-10-17)24-21(26)19-11-18(19)20(25)23-15-5-6-15/h1-4,7-10,15,18-19H,5-6,11-12H2,(H,23,25)(H,24,26). The molecule has 2 aromatic carbocycles. The van der Waals surface area contributed by atoms with Crippen LogP contribution in [0.3, 0.4) is 0 Å². The molecule has 2 fully saturated rings. The second kappa shape index (κ2) is 7.61. The molecule has 2 unspecified atom stereocenters. The zero-order valence-corrected chi connectivity index (χ0v) is 15.5. The van der Waals surface area contributed by atoms with E-state index in [4.69, 9.17) is 16.3 Å². The molecule has 2 N–H and O–H groups in total. The van der Waals surface area contributed by atoms with Gasteiger partial charge in [-0.2, -0.15) is 0 Å². The molecule has 2 aliphatic carbocycles. The van der Waals surface area contributed by atoms with E-state index in [0.717, 1.165) is 24.2 Å². The van der Waals surface area contributed by atoms with Gasteiger partial charge in [0, 0.05) is 16.8 Å². The van der Waals surface area contributed by atoms with Crippen molar-refractivity contribution < 1.29 is 14.3 Å². The normalized spacial score (nSPS) is 20.6. The van der Waals surface area contributed by atoms with Crippen LogP contribution in [0.15, 0.2) is 48.5 Å². The van der Waals surface area contributed by atoms with E-state index in [2.05, 4.69) is 10.6 Å². The fourth-order valence-electron chi connectivity index (χ4n) is 2.93. The Hall–Kier alpha value is -2.53. The van der Waals surface area contributed by atoms with Crippen molar-refractivity contribution in [3.63, 3.8) is 0 Å². The quantitative estimate of drug-likeness (QED) is 0.763. The van der Waals surface area contributed by atoms with Gasteiger partial charge in [-0.3, -0.25) is 9.59 Å². The Kier molecular flexibility index (Phi) is 5.03. The van der Waals surface area contributed by atoms with Gasteiger partial charge in [0.15, 0.2) is 0 Å². The SMILES string of the molecule is O=C(Nc1ccc(OCc2ccc(Cl)cc2)cc1)C1CC1C(=O)NC1CC1. The van der Waals surface area contributed by atoms with E-state index in [-0.39, 0.29) is 23.7 Å². The van der Waals surface area contributed by atoms with Crippen LogP contribution in [0, 0.1) is 11.8 Å². The molecule has 5 nitrogen and oxygen atoms in total. The molecular weight excluding hydrogens is 364 g/mol. The number of nitrogens with one attached hydrogen (secondary N) is 2. The first-order chi connectivity index (χ1) is 13.1. The van der Waals surface area contributed by atoms with Gasteiger partial charge >= 0.3 is 0 Å². The summed E-state index contributed by atoms with van der Waals surface area (Å²) in [6.45, 7) is 0.447. The van der Waals surface area contributed by atoms with Gasteiger partial charge in [-0.1, -0.05) is 23.7 Å². The number of benzene rings is 2. The van der Waals surface area contributed by atoms with Gasteiger partial charge in [-0.05, 0) is 61.2 Å². The van der Waals surface area contributed by atoms with Crippen LogP contribution in [0.5, 0.6) is 5.75 Å². The minimum Gasteiger partial charge on any atom is -0.489 e. The number of halogens is 1. The van der Waals surface area contributed by atoms with Crippen LogP contribution in [-0.2, 0) is 16.2 Å². The highest BCUT2D eigenvalue weighted by Crippen LogP contribution is 2.40. The summed E-state index contributed by atoms with van der Waals surface area (Å²) in [6.07, 6.45) is 2.75. The third-order valence-electron chi connectivity index (χ3n) is 4.83. The molecule has 4 rings (SSSR count). The van der Waals surface area contributed by atoms with Gasteiger partial charge in [-0.25, -0.2) is 0 Å². The number of ether oxygens (including phenoxy) is 1. The van der Waals surface area contributed by atoms with Crippen molar-refractivity contribution in [3.8, 4) is 5.75 Å². The van der Waals surface area contributed by atoms with Gasteiger partial charge in [0.1, 0.15) is 12.4 Å². The summed E-state index contributed by atoms with van der Waals surface area (Å²) < 4.78 is 5.73. The first-order valence-corrected chi connectivity index (χ1v) is 9.55. The number of anilines is 1. The number of hydrogen-bond acceptors (Lipinski definition) is 3. The van der Waals surface area contributed by atoms with Crippen molar-refractivity contribution in [1.82, 2.24) is 5.32 Å². The Morgan fingerprint density at radius 2 is 1.63 bits per heavy atom. The van der Waals surface area contributed by atoms with Crippen molar-refractivity contribution in [3.05, 3.63) is 59.1 Å². The summed E-state index contributed by atoms with van der Waals surface area (Å²) in [7, 11) is 0. The third kappa shape index (κ3) is 4.80. The molecule has 2 aliphatic rings. The van der Waals surface area contributed by atoms with Crippen molar-refractivity contribution in [2.75, 3.05) is 5.32 Å². The average molecular weight is 385 g/mol. The molecule has 0 radical (unpaired) electrons. The molecule has 6 heteroatoms. The molecule has 27 heavy (non-hydrogen) atoms. The van der Waals surface area contributed by atoms with E-state index in [1.54, 1.807) is 12.1 Å². The molecule has 0 aromatic heterocycles. The van der Waals surface area contributed by atoms with E-state index in [1.165, 1.54) is 0 Å². The molecular formula is C21H21ClN2O3. The Balaban J connectivity index is 1.24. The van der Waals surface area contributed by atoms with Crippen LogP contribution in [0.1, 0.15) is 24.8 Å². The smallest absolute Gasteiger partial charge is 0.228 e. The highest BCUT2D eigenvalue weighted by Gasteiger charge is 2.48. The van der Waals surface area contributed by atoms with Crippen LogP contribution < -0.4 is 15.4 Å². The highest BCUT2D eigenvalue weighted by atomic mass is 35.5. The summed E-state index contributed by atoms with van der Waals surface area (Å²) in [5.41, 5.74) is 1.73. The van der Waals surface area contributed by atoms with E-state index < -0.39 is 0 Å². The highest BCUT2D eigenvalue weighted by molar-refractivity contribution is 6.30. The largest absolute Gasteiger partial charge is 0.489 e. The van der Waals surface area contributed by atoms with Gasteiger partial charge in [-0.15, -0.1) is 0 Å². The van der Waals surface area contributed by atoms with Gasteiger partial charge in [0.05, 0.1) is 11.8 Å². The van der Waals surface area contributed by atoms with Gasteiger partial charge in [0.25, 0.3) is 0 Å². The predicted octanol–water partition coefficient (Wildman–Crippen LogP) is 3.77. The van der Waals surface area contributed by atoms with E-state index in [0.29, 0.717) is 29.8 Å². The Morgan fingerprint density at radius 1 is 0.963 bits per heavy atom. The number of carbonyl (C=O) groups excluding carboxylic acids is 2. The zero-order chi connectivity index (χ0) is 18.8. The molecule has 0 bridgehead atoms. The number of carbonyl (C=O) groups is 2. The van der Waals surface area contributed by atoms with Crippen LogP contribution in [0.2, 0.25) is 5.02 Å². The van der Waals surface area contributed by atoms with Crippen LogP contribution in [0.4, 0.5) is 5.69 Å².